The third-order valence-corrected chi connectivity index (χ3v) is 4.59. The quantitative estimate of drug-likeness (QED) is 0.306. The molecular weight excluding hydrogens is 238 g/mol. The first kappa shape index (κ1) is 12.0. The van der Waals surface area contributed by atoms with Gasteiger partial charge in [-0.25, -0.2) is 8.42 Å². The highest BCUT2D eigenvalue weighted by Crippen LogP contribution is 2.15. The summed E-state index contributed by atoms with van der Waals surface area (Å²) in [5.41, 5.74) is 5.25. The third kappa shape index (κ3) is 2.91. The molecule has 1 heterocycles. The van der Waals surface area contributed by atoms with E-state index in [1.54, 1.807) is 11.4 Å². The number of sulfonamides is 1. The first-order valence-electron chi connectivity index (χ1n) is 4.00. The summed E-state index contributed by atoms with van der Waals surface area (Å²) in [6.07, 6.45) is 0. The molecule has 84 valence electrons. The van der Waals surface area contributed by atoms with Crippen molar-refractivity contribution < 1.29 is 13.6 Å². The van der Waals surface area contributed by atoms with E-state index in [0.717, 1.165) is 11.3 Å². The SMILES string of the molecule is CC(NS(=O)(=O)c1cccs1)/C(N)=N/O. The van der Waals surface area contributed by atoms with Crippen molar-refractivity contribution in [3.63, 3.8) is 0 Å². The summed E-state index contributed by atoms with van der Waals surface area (Å²) in [6.45, 7) is 1.49. The molecule has 0 aliphatic rings. The van der Waals surface area contributed by atoms with Crippen molar-refractivity contribution in [3.05, 3.63) is 17.5 Å². The van der Waals surface area contributed by atoms with Crippen molar-refractivity contribution in [2.45, 2.75) is 17.2 Å². The number of rotatable bonds is 4. The third-order valence-electron chi connectivity index (χ3n) is 1.65. The molecular formula is C7H11N3O3S2. The van der Waals surface area contributed by atoms with Crippen LogP contribution >= 0.6 is 11.3 Å². The summed E-state index contributed by atoms with van der Waals surface area (Å²) in [5, 5.41) is 12.7. The fourth-order valence-corrected chi connectivity index (χ4v) is 3.08. The highest BCUT2D eigenvalue weighted by Gasteiger charge is 2.20. The minimum Gasteiger partial charge on any atom is -0.409 e. The van der Waals surface area contributed by atoms with Crippen LogP contribution in [0.3, 0.4) is 0 Å². The Morgan fingerprint density at radius 3 is 2.87 bits per heavy atom. The fraction of sp³-hybridized carbons (Fsp3) is 0.286. The van der Waals surface area contributed by atoms with Crippen molar-refractivity contribution >= 4 is 27.2 Å². The minimum absolute atomic E-state index is 0.185. The molecule has 0 aliphatic carbocycles. The smallest absolute Gasteiger partial charge is 0.250 e. The number of amidine groups is 1. The van der Waals surface area contributed by atoms with Crippen LogP contribution in [0.4, 0.5) is 0 Å². The van der Waals surface area contributed by atoms with Crippen LogP contribution in [0.15, 0.2) is 26.9 Å². The van der Waals surface area contributed by atoms with E-state index in [2.05, 4.69) is 9.88 Å². The van der Waals surface area contributed by atoms with Gasteiger partial charge in [0.25, 0.3) is 10.0 Å². The standard InChI is InChI=1S/C7H11N3O3S2/c1-5(7(8)9-11)10-15(12,13)6-3-2-4-14-6/h2-5,10-11H,1H3,(H2,8,9). The van der Waals surface area contributed by atoms with E-state index in [1.165, 1.54) is 13.0 Å². The van der Waals surface area contributed by atoms with Crippen molar-refractivity contribution in [1.82, 2.24) is 4.72 Å². The molecule has 8 heteroatoms. The van der Waals surface area contributed by atoms with Gasteiger partial charge < -0.3 is 10.9 Å². The summed E-state index contributed by atoms with van der Waals surface area (Å²) >= 11 is 1.10. The van der Waals surface area contributed by atoms with Gasteiger partial charge in [-0.15, -0.1) is 11.3 Å². The van der Waals surface area contributed by atoms with Gasteiger partial charge in [0.1, 0.15) is 4.21 Å². The van der Waals surface area contributed by atoms with E-state index in [9.17, 15) is 8.42 Å². The number of nitrogens with two attached hydrogens (primary N) is 1. The second-order valence-electron chi connectivity index (χ2n) is 2.80. The van der Waals surface area contributed by atoms with Gasteiger partial charge in [-0.05, 0) is 18.4 Å². The van der Waals surface area contributed by atoms with E-state index in [4.69, 9.17) is 10.9 Å². The zero-order chi connectivity index (χ0) is 11.5. The number of hydrogen-bond acceptors (Lipinski definition) is 5. The Hall–Kier alpha value is -1.12. The molecule has 1 rings (SSSR count). The van der Waals surface area contributed by atoms with Crippen LogP contribution in [0.25, 0.3) is 0 Å². The molecule has 0 amide bonds. The largest absolute Gasteiger partial charge is 0.409 e. The van der Waals surface area contributed by atoms with Gasteiger partial charge in [0.15, 0.2) is 5.84 Å². The molecule has 0 radical (unpaired) electrons. The van der Waals surface area contributed by atoms with Crippen LogP contribution in [-0.2, 0) is 10.0 Å². The highest BCUT2D eigenvalue weighted by atomic mass is 32.2. The van der Waals surface area contributed by atoms with Gasteiger partial charge in [-0.1, -0.05) is 11.2 Å². The van der Waals surface area contributed by atoms with E-state index < -0.39 is 16.1 Å². The topological polar surface area (TPSA) is 105 Å². The molecule has 0 saturated heterocycles. The van der Waals surface area contributed by atoms with Gasteiger partial charge in [0.2, 0.25) is 0 Å². The molecule has 4 N–H and O–H groups in total. The molecule has 1 aromatic heterocycles. The molecule has 0 fully saturated rings. The van der Waals surface area contributed by atoms with Crippen LogP contribution in [0.2, 0.25) is 0 Å². The molecule has 6 nitrogen and oxygen atoms in total. The summed E-state index contributed by atoms with van der Waals surface area (Å²) in [7, 11) is -3.57. The molecule has 0 spiro atoms. The summed E-state index contributed by atoms with van der Waals surface area (Å²) in [6, 6.07) is 2.36. The Morgan fingerprint density at radius 2 is 2.40 bits per heavy atom. The van der Waals surface area contributed by atoms with Crippen LogP contribution in [0, 0.1) is 0 Å². The van der Waals surface area contributed by atoms with Crippen LogP contribution < -0.4 is 10.5 Å². The lowest BCUT2D eigenvalue weighted by atomic mass is 10.3. The number of nitrogens with zero attached hydrogens (tertiary/aromatic N) is 1. The predicted molar refractivity (Wildman–Crippen MR) is 57.5 cm³/mol. The lowest BCUT2D eigenvalue weighted by molar-refractivity contribution is 0.316. The Labute approximate surface area is 91.5 Å². The molecule has 15 heavy (non-hydrogen) atoms. The first-order chi connectivity index (χ1) is 6.97. The van der Waals surface area contributed by atoms with Crippen molar-refractivity contribution in [2.24, 2.45) is 10.9 Å². The molecule has 0 aliphatic heterocycles. The summed E-state index contributed by atoms with van der Waals surface area (Å²) < 4.78 is 25.7. The normalized spacial score (nSPS) is 15.1. The van der Waals surface area contributed by atoms with Crippen LogP contribution in [-0.4, -0.2) is 25.5 Å². The average molecular weight is 249 g/mol. The molecule has 1 aromatic rings. The maximum atomic E-state index is 11.6. The lowest BCUT2D eigenvalue weighted by Gasteiger charge is -2.11. The van der Waals surface area contributed by atoms with Gasteiger partial charge in [0.05, 0.1) is 6.04 Å². The summed E-state index contributed by atoms with van der Waals surface area (Å²) in [5.74, 6) is -0.185. The Balaban J connectivity index is 2.83. The second kappa shape index (κ2) is 4.60. The van der Waals surface area contributed by atoms with Crippen molar-refractivity contribution in [2.75, 3.05) is 0 Å². The molecule has 0 saturated carbocycles. The first-order valence-corrected chi connectivity index (χ1v) is 6.37. The zero-order valence-electron chi connectivity index (χ0n) is 7.91. The maximum absolute atomic E-state index is 11.6. The van der Waals surface area contributed by atoms with Gasteiger partial charge in [-0.2, -0.15) is 4.72 Å². The number of nitrogens with one attached hydrogen (secondary N) is 1. The van der Waals surface area contributed by atoms with Gasteiger partial charge in [0, 0.05) is 0 Å². The Morgan fingerprint density at radius 1 is 1.73 bits per heavy atom. The maximum Gasteiger partial charge on any atom is 0.250 e. The average Bonchev–Trinajstić information content (AvgIpc) is 2.69. The van der Waals surface area contributed by atoms with Crippen molar-refractivity contribution in [1.29, 1.82) is 0 Å². The number of hydrogen-bond donors (Lipinski definition) is 3. The molecule has 1 unspecified atom stereocenters. The fourth-order valence-electron chi connectivity index (χ4n) is 0.854. The minimum atomic E-state index is -3.57. The molecule has 0 aromatic carbocycles. The van der Waals surface area contributed by atoms with Crippen LogP contribution in [0.1, 0.15) is 6.92 Å². The molecule has 1 atom stereocenters. The monoisotopic (exact) mass is 249 g/mol. The van der Waals surface area contributed by atoms with E-state index in [1.807, 2.05) is 0 Å². The number of thiophene rings is 1. The van der Waals surface area contributed by atoms with Gasteiger partial charge >= 0.3 is 0 Å². The molecule has 0 bridgehead atoms. The Bertz CT molecular complexity index is 438. The van der Waals surface area contributed by atoms with Crippen LogP contribution in [0.5, 0.6) is 0 Å². The lowest BCUT2D eigenvalue weighted by Crippen LogP contribution is -2.42. The number of oxime groups is 1. The van der Waals surface area contributed by atoms with E-state index >= 15 is 0 Å². The van der Waals surface area contributed by atoms with E-state index in [0.29, 0.717) is 0 Å². The van der Waals surface area contributed by atoms with Gasteiger partial charge in [-0.3, -0.25) is 0 Å². The highest BCUT2D eigenvalue weighted by molar-refractivity contribution is 7.91. The van der Waals surface area contributed by atoms with E-state index in [-0.39, 0.29) is 10.0 Å². The van der Waals surface area contributed by atoms with Crippen molar-refractivity contribution in [3.8, 4) is 0 Å². The second-order valence-corrected chi connectivity index (χ2v) is 5.69. The summed E-state index contributed by atoms with van der Waals surface area (Å²) in [4.78, 5) is 0. The predicted octanol–water partition coefficient (Wildman–Crippen LogP) is 0.161. The zero-order valence-corrected chi connectivity index (χ0v) is 9.55. The Kier molecular flexibility index (Phi) is 3.66.